The molecule has 0 saturated heterocycles. The molecule has 0 saturated carbocycles. The summed E-state index contributed by atoms with van der Waals surface area (Å²) < 4.78 is 26.8. The predicted octanol–water partition coefficient (Wildman–Crippen LogP) is 3.23. The Morgan fingerprint density at radius 2 is 2.12 bits per heavy atom. The van der Waals surface area contributed by atoms with Gasteiger partial charge in [-0.05, 0) is 41.8 Å². The summed E-state index contributed by atoms with van der Waals surface area (Å²) in [5.41, 5.74) is 1.02. The molecule has 1 heterocycles. The third-order valence-corrected chi connectivity index (χ3v) is 3.56. The highest BCUT2D eigenvalue weighted by Gasteiger charge is 2.15. The first-order chi connectivity index (χ1) is 11.6. The molecule has 0 radical (unpaired) electrons. The van der Waals surface area contributed by atoms with E-state index in [2.05, 4.69) is 4.98 Å². The number of nitrogens with zero attached hydrogens (tertiary/aromatic N) is 3. The first kappa shape index (κ1) is 17.5. The van der Waals surface area contributed by atoms with Crippen molar-refractivity contribution in [1.82, 2.24) is 9.88 Å². The van der Waals surface area contributed by atoms with Gasteiger partial charge in [-0.1, -0.05) is 6.07 Å². The van der Waals surface area contributed by atoms with Crippen LogP contribution in [0.3, 0.4) is 0 Å². The number of benzene rings is 1. The Kier molecular flexibility index (Phi) is 6.38. The Morgan fingerprint density at radius 1 is 1.29 bits per heavy atom. The number of amides is 1. The van der Waals surface area contributed by atoms with E-state index in [9.17, 15) is 13.6 Å². The summed E-state index contributed by atoms with van der Waals surface area (Å²) in [6, 6.07) is 8.82. The number of rotatable bonds is 7. The molecule has 124 valence electrons. The SMILES string of the molecule is N#CCCN(Cc1cccnc1)C(=O)CCc1cc(F)ccc1F. The highest BCUT2D eigenvalue weighted by Crippen LogP contribution is 2.13. The summed E-state index contributed by atoms with van der Waals surface area (Å²) >= 11 is 0. The van der Waals surface area contributed by atoms with Crippen molar-refractivity contribution in [3.05, 3.63) is 65.5 Å². The molecule has 0 atom stereocenters. The van der Waals surface area contributed by atoms with Crippen molar-refractivity contribution < 1.29 is 13.6 Å². The van der Waals surface area contributed by atoms with E-state index in [1.54, 1.807) is 18.5 Å². The zero-order valence-electron chi connectivity index (χ0n) is 13.1. The number of hydrogen-bond donors (Lipinski definition) is 0. The molecule has 0 aliphatic rings. The van der Waals surface area contributed by atoms with Crippen LogP contribution in [0.1, 0.15) is 24.0 Å². The number of carbonyl (C=O) groups excluding carboxylic acids is 1. The molecule has 2 rings (SSSR count). The molecule has 1 aromatic carbocycles. The minimum atomic E-state index is -0.532. The molecule has 0 bridgehead atoms. The standard InChI is InChI=1S/C18H17F2N3O/c19-16-5-6-17(20)15(11-16)4-7-18(24)23(10-2-8-21)13-14-3-1-9-22-12-14/h1,3,5-6,9,11-12H,2,4,7,10,13H2. The second kappa shape index (κ2) is 8.73. The Balaban J connectivity index is 2.01. The van der Waals surface area contributed by atoms with Crippen molar-refractivity contribution in [2.75, 3.05) is 6.54 Å². The summed E-state index contributed by atoms with van der Waals surface area (Å²) in [5.74, 6) is -1.27. The summed E-state index contributed by atoms with van der Waals surface area (Å²) in [7, 11) is 0. The van der Waals surface area contributed by atoms with E-state index in [1.165, 1.54) is 4.90 Å². The van der Waals surface area contributed by atoms with Crippen LogP contribution in [0.25, 0.3) is 0 Å². The third kappa shape index (κ3) is 5.13. The van der Waals surface area contributed by atoms with Crippen LogP contribution in [0.15, 0.2) is 42.7 Å². The lowest BCUT2D eigenvalue weighted by atomic mass is 10.1. The van der Waals surface area contributed by atoms with Crippen molar-refractivity contribution in [2.24, 2.45) is 0 Å². The van der Waals surface area contributed by atoms with Gasteiger partial charge in [0.1, 0.15) is 11.6 Å². The molecule has 2 aromatic rings. The van der Waals surface area contributed by atoms with E-state index < -0.39 is 11.6 Å². The van der Waals surface area contributed by atoms with Crippen molar-refractivity contribution >= 4 is 5.91 Å². The van der Waals surface area contributed by atoms with E-state index in [1.807, 2.05) is 12.1 Å². The van der Waals surface area contributed by atoms with E-state index in [4.69, 9.17) is 5.26 Å². The molecule has 4 nitrogen and oxygen atoms in total. The average molecular weight is 329 g/mol. The van der Waals surface area contributed by atoms with E-state index in [0.717, 1.165) is 23.8 Å². The minimum Gasteiger partial charge on any atom is -0.337 e. The molecule has 6 heteroatoms. The van der Waals surface area contributed by atoms with Gasteiger partial charge in [0.15, 0.2) is 0 Å². The largest absolute Gasteiger partial charge is 0.337 e. The van der Waals surface area contributed by atoms with Crippen LogP contribution in [0.4, 0.5) is 8.78 Å². The summed E-state index contributed by atoms with van der Waals surface area (Å²) in [5, 5.41) is 8.75. The maximum atomic E-state index is 13.6. The number of aryl methyl sites for hydroxylation is 1. The lowest BCUT2D eigenvalue weighted by molar-refractivity contribution is -0.131. The van der Waals surface area contributed by atoms with Gasteiger partial charge >= 0.3 is 0 Å². The van der Waals surface area contributed by atoms with Gasteiger partial charge in [0.25, 0.3) is 0 Å². The number of halogens is 2. The fourth-order valence-electron chi connectivity index (χ4n) is 2.32. The van der Waals surface area contributed by atoms with Gasteiger partial charge in [-0.25, -0.2) is 8.78 Å². The molecule has 24 heavy (non-hydrogen) atoms. The van der Waals surface area contributed by atoms with Crippen LogP contribution >= 0.6 is 0 Å². The minimum absolute atomic E-state index is 0.0477. The van der Waals surface area contributed by atoms with Gasteiger partial charge in [0.2, 0.25) is 5.91 Å². The van der Waals surface area contributed by atoms with Crippen LogP contribution in [0, 0.1) is 23.0 Å². The fourth-order valence-corrected chi connectivity index (χ4v) is 2.32. The molecule has 0 fully saturated rings. The van der Waals surface area contributed by atoms with Gasteiger partial charge < -0.3 is 4.90 Å². The molecule has 0 unspecified atom stereocenters. The molecule has 0 N–H and O–H groups in total. The average Bonchev–Trinajstić information content (AvgIpc) is 2.60. The second-order valence-corrected chi connectivity index (χ2v) is 5.32. The smallest absolute Gasteiger partial charge is 0.223 e. The Bertz CT molecular complexity index is 729. The Labute approximate surface area is 139 Å². The zero-order chi connectivity index (χ0) is 17.4. The van der Waals surface area contributed by atoms with Gasteiger partial charge in [0, 0.05) is 31.9 Å². The second-order valence-electron chi connectivity index (χ2n) is 5.32. The molecule has 1 aromatic heterocycles. The normalized spacial score (nSPS) is 10.2. The molecule has 0 aliphatic carbocycles. The molecule has 1 amide bonds. The van der Waals surface area contributed by atoms with Crippen molar-refractivity contribution in [3.8, 4) is 6.07 Å². The Morgan fingerprint density at radius 3 is 2.83 bits per heavy atom. The highest BCUT2D eigenvalue weighted by atomic mass is 19.1. The summed E-state index contributed by atoms with van der Waals surface area (Å²) in [4.78, 5) is 17.9. The topological polar surface area (TPSA) is 57.0 Å². The molecular weight excluding hydrogens is 312 g/mol. The van der Waals surface area contributed by atoms with Crippen LogP contribution in [-0.4, -0.2) is 22.3 Å². The maximum absolute atomic E-state index is 13.6. The van der Waals surface area contributed by atoms with Gasteiger partial charge in [-0.3, -0.25) is 9.78 Å². The maximum Gasteiger partial charge on any atom is 0.223 e. The van der Waals surface area contributed by atoms with E-state index >= 15 is 0 Å². The van der Waals surface area contributed by atoms with Crippen LogP contribution in [-0.2, 0) is 17.8 Å². The van der Waals surface area contributed by atoms with Gasteiger partial charge in [-0.2, -0.15) is 5.26 Å². The van der Waals surface area contributed by atoms with Crippen LogP contribution in [0.5, 0.6) is 0 Å². The van der Waals surface area contributed by atoms with Crippen LogP contribution < -0.4 is 0 Å². The Hall–Kier alpha value is -2.81. The van der Waals surface area contributed by atoms with Gasteiger partial charge in [-0.15, -0.1) is 0 Å². The van der Waals surface area contributed by atoms with Gasteiger partial charge in [0.05, 0.1) is 12.5 Å². The first-order valence-electron chi connectivity index (χ1n) is 7.57. The fraction of sp³-hybridized carbons (Fsp3) is 0.278. The summed E-state index contributed by atoms with van der Waals surface area (Å²) in [6.45, 7) is 0.621. The number of pyridine rings is 1. The van der Waals surface area contributed by atoms with Crippen molar-refractivity contribution in [3.63, 3.8) is 0 Å². The summed E-state index contributed by atoms with van der Waals surface area (Å²) in [6.07, 6.45) is 3.65. The van der Waals surface area contributed by atoms with E-state index in [0.29, 0.717) is 6.54 Å². The molecule has 0 aliphatic heterocycles. The third-order valence-electron chi connectivity index (χ3n) is 3.56. The number of nitriles is 1. The van der Waals surface area contributed by atoms with E-state index in [-0.39, 0.29) is 37.3 Å². The predicted molar refractivity (Wildman–Crippen MR) is 84.6 cm³/mol. The first-order valence-corrected chi connectivity index (χ1v) is 7.57. The molecule has 0 spiro atoms. The number of aromatic nitrogens is 1. The quantitative estimate of drug-likeness (QED) is 0.783. The molecular formula is C18H17F2N3O. The zero-order valence-corrected chi connectivity index (χ0v) is 13.1. The number of hydrogen-bond acceptors (Lipinski definition) is 3. The van der Waals surface area contributed by atoms with Crippen LogP contribution in [0.2, 0.25) is 0 Å². The number of carbonyl (C=O) groups is 1. The van der Waals surface area contributed by atoms with Crippen molar-refractivity contribution in [1.29, 1.82) is 5.26 Å². The monoisotopic (exact) mass is 329 g/mol. The lowest BCUT2D eigenvalue weighted by Gasteiger charge is -2.21. The highest BCUT2D eigenvalue weighted by molar-refractivity contribution is 5.76. The van der Waals surface area contributed by atoms with Crippen molar-refractivity contribution in [2.45, 2.75) is 25.8 Å². The lowest BCUT2D eigenvalue weighted by Crippen LogP contribution is -2.31.